The fourth-order valence-electron chi connectivity index (χ4n) is 4.19. The zero-order valence-electron chi connectivity index (χ0n) is 15.5. The molecule has 2 aromatic rings. The topological polar surface area (TPSA) is 15.6 Å². The highest BCUT2D eigenvalue weighted by molar-refractivity contribution is 7.99. The van der Waals surface area contributed by atoms with Gasteiger partial charge in [0.05, 0.1) is 5.69 Å². The molecule has 0 aliphatic carbocycles. The standard InChI is InChI=1S/C22H26N2S/c1-5-15(3)22(4,6-2)21-24-19-14-10-9-12-17(19)16-11-7-8-13-18(16)20(24)23-25-21/h7-15,21H,5-6H2,1-4H3. The molecular weight excluding hydrogens is 324 g/mol. The quantitative estimate of drug-likeness (QED) is 0.595. The van der Waals surface area contributed by atoms with E-state index in [0.717, 1.165) is 12.3 Å². The van der Waals surface area contributed by atoms with Crippen LogP contribution in [0.15, 0.2) is 52.9 Å². The van der Waals surface area contributed by atoms with Gasteiger partial charge in [-0.2, -0.15) is 4.40 Å². The average Bonchev–Trinajstić information content (AvgIpc) is 3.13. The van der Waals surface area contributed by atoms with Crippen molar-refractivity contribution in [1.82, 2.24) is 0 Å². The summed E-state index contributed by atoms with van der Waals surface area (Å²) in [4.78, 5) is 2.51. The third-order valence-electron chi connectivity index (χ3n) is 6.39. The monoisotopic (exact) mass is 350 g/mol. The SMILES string of the molecule is CCC(C)C(C)(CC)C1SN=C2c3ccccc3-c3ccccc3N21. The normalized spacial score (nSPS) is 21.7. The molecule has 0 fully saturated rings. The fourth-order valence-corrected chi connectivity index (χ4v) is 5.53. The van der Waals surface area contributed by atoms with E-state index in [1.165, 1.54) is 28.8 Å². The van der Waals surface area contributed by atoms with E-state index in [-0.39, 0.29) is 5.41 Å². The molecule has 25 heavy (non-hydrogen) atoms. The van der Waals surface area contributed by atoms with E-state index >= 15 is 0 Å². The van der Waals surface area contributed by atoms with Crippen molar-refractivity contribution in [3.63, 3.8) is 0 Å². The van der Waals surface area contributed by atoms with Gasteiger partial charge in [-0.15, -0.1) is 0 Å². The van der Waals surface area contributed by atoms with Gasteiger partial charge in [0.2, 0.25) is 0 Å². The molecule has 0 N–H and O–H groups in total. The molecule has 2 heterocycles. The number of para-hydroxylation sites is 1. The second-order valence-electron chi connectivity index (χ2n) is 7.47. The first-order valence-electron chi connectivity index (χ1n) is 9.33. The van der Waals surface area contributed by atoms with Crippen LogP contribution in [0.2, 0.25) is 0 Å². The lowest BCUT2D eigenvalue weighted by atomic mass is 9.73. The third-order valence-corrected chi connectivity index (χ3v) is 7.61. The molecular formula is C22H26N2S. The maximum atomic E-state index is 4.97. The van der Waals surface area contributed by atoms with Crippen molar-refractivity contribution < 1.29 is 0 Å². The first-order valence-corrected chi connectivity index (χ1v) is 10.2. The van der Waals surface area contributed by atoms with Crippen LogP contribution in [0.25, 0.3) is 11.1 Å². The molecule has 2 aromatic carbocycles. The van der Waals surface area contributed by atoms with Crippen LogP contribution in [-0.4, -0.2) is 11.2 Å². The van der Waals surface area contributed by atoms with Crippen molar-refractivity contribution in [2.75, 3.05) is 4.90 Å². The minimum atomic E-state index is 0.212. The van der Waals surface area contributed by atoms with Crippen molar-refractivity contribution in [3.8, 4) is 11.1 Å². The molecule has 2 nitrogen and oxygen atoms in total. The van der Waals surface area contributed by atoms with Gasteiger partial charge in [0, 0.05) is 28.5 Å². The van der Waals surface area contributed by atoms with Crippen molar-refractivity contribution in [3.05, 3.63) is 54.1 Å². The van der Waals surface area contributed by atoms with Gasteiger partial charge in [-0.3, -0.25) is 0 Å². The van der Waals surface area contributed by atoms with Crippen LogP contribution in [0.4, 0.5) is 5.69 Å². The van der Waals surface area contributed by atoms with E-state index in [9.17, 15) is 0 Å². The van der Waals surface area contributed by atoms with E-state index in [1.807, 2.05) is 0 Å². The minimum absolute atomic E-state index is 0.212. The predicted molar refractivity (Wildman–Crippen MR) is 110 cm³/mol. The number of benzene rings is 2. The van der Waals surface area contributed by atoms with Gasteiger partial charge in [-0.25, -0.2) is 0 Å². The summed E-state index contributed by atoms with van der Waals surface area (Å²) in [6.07, 6.45) is 2.35. The maximum Gasteiger partial charge on any atom is 0.150 e. The first kappa shape index (κ1) is 16.7. The molecule has 0 amide bonds. The Morgan fingerprint density at radius 3 is 2.36 bits per heavy atom. The average molecular weight is 351 g/mol. The molecule has 130 valence electrons. The molecule has 2 aliphatic heterocycles. The number of hydrogen-bond acceptors (Lipinski definition) is 3. The summed E-state index contributed by atoms with van der Waals surface area (Å²) in [6, 6.07) is 17.5. The molecule has 0 bridgehead atoms. The Hall–Kier alpha value is -1.74. The number of anilines is 1. The Morgan fingerprint density at radius 1 is 1.04 bits per heavy atom. The summed E-state index contributed by atoms with van der Waals surface area (Å²) in [5, 5.41) is 0.344. The van der Waals surface area contributed by atoms with E-state index in [2.05, 4.69) is 81.1 Å². The lowest BCUT2D eigenvalue weighted by Gasteiger charge is -2.45. The summed E-state index contributed by atoms with van der Waals surface area (Å²) in [6.45, 7) is 9.47. The van der Waals surface area contributed by atoms with Crippen LogP contribution in [0, 0.1) is 11.3 Å². The number of amidine groups is 1. The number of nitrogens with zero attached hydrogens (tertiary/aromatic N) is 2. The number of rotatable bonds is 4. The van der Waals surface area contributed by atoms with Crippen LogP contribution in [0.5, 0.6) is 0 Å². The highest BCUT2D eigenvalue weighted by Crippen LogP contribution is 2.53. The number of hydrogen-bond donors (Lipinski definition) is 0. The van der Waals surface area contributed by atoms with Crippen molar-refractivity contribution in [2.45, 2.75) is 45.9 Å². The zero-order chi connectivity index (χ0) is 17.6. The molecule has 3 heteroatoms. The smallest absolute Gasteiger partial charge is 0.150 e. The lowest BCUT2D eigenvalue weighted by Crippen LogP contribution is -2.48. The van der Waals surface area contributed by atoms with Gasteiger partial charge in [0.1, 0.15) is 11.2 Å². The molecule has 3 unspecified atom stereocenters. The van der Waals surface area contributed by atoms with Crippen LogP contribution >= 0.6 is 11.9 Å². The van der Waals surface area contributed by atoms with Gasteiger partial charge in [-0.1, -0.05) is 76.6 Å². The first-order chi connectivity index (χ1) is 12.1. The van der Waals surface area contributed by atoms with Gasteiger partial charge in [0.15, 0.2) is 0 Å². The number of fused-ring (bicyclic) bond motifs is 6. The molecule has 4 rings (SSSR count). The van der Waals surface area contributed by atoms with Gasteiger partial charge >= 0.3 is 0 Å². The Kier molecular flexibility index (Phi) is 4.15. The summed E-state index contributed by atoms with van der Waals surface area (Å²) in [5.74, 6) is 1.78. The van der Waals surface area contributed by atoms with E-state index < -0.39 is 0 Å². The molecule has 2 aliphatic rings. The van der Waals surface area contributed by atoms with E-state index in [1.54, 1.807) is 11.9 Å². The maximum absolute atomic E-state index is 4.97. The minimum Gasteiger partial charge on any atom is -0.310 e. The van der Waals surface area contributed by atoms with E-state index in [4.69, 9.17) is 4.40 Å². The van der Waals surface area contributed by atoms with Crippen LogP contribution in [0.3, 0.4) is 0 Å². The van der Waals surface area contributed by atoms with Crippen LogP contribution in [0.1, 0.15) is 46.1 Å². The molecule has 3 atom stereocenters. The predicted octanol–water partition coefficient (Wildman–Crippen LogP) is 6.37. The van der Waals surface area contributed by atoms with Crippen LogP contribution in [-0.2, 0) is 0 Å². The molecule has 0 saturated heterocycles. The Morgan fingerprint density at radius 2 is 1.68 bits per heavy atom. The highest BCUT2D eigenvalue weighted by Gasteiger charge is 2.47. The lowest BCUT2D eigenvalue weighted by molar-refractivity contribution is 0.184. The molecule has 0 saturated carbocycles. The Bertz CT molecular complexity index is 828. The highest BCUT2D eigenvalue weighted by atomic mass is 32.2. The molecule has 0 spiro atoms. The van der Waals surface area contributed by atoms with E-state index in [0.29, 0.717) is 11.3 Å². The second-order valence-corrected chi connectivity index (χ2v) is 8.31. The van der Waals surface area contributed by atoms with Crippen molar-refractivity contribution >= 4 is 23.5 Å². The van der Waals surface area contributed by atoms with Crippen molar-refractivity contribution in [1.29, 1.82) is 0 Å². The second kappa shape index (κ2) is 6.21. The Balaban J connectivity index is 1.88. The van der Waals surface area contributed by atoms with Gasteiger partial charge in [0.25, 0.3) is 0 Å². The van der Waals surface area contributed by atoms with Gasteiger partial charge in [-0.05, 0) is 24.0 Å². The third kappa shape index (κ3) is 2.36. The summed E-state index contributed by atoms with van der Waals surface area (Å²) >= 11 is 1.76. The zero-order valence-corrected chi connectivity index (χ0v) is 16.3. The van der Waals surface area contributed by atoms with Crippen molar-refractivity contribution in [2.24, 2.45) is 15.7 Å². The summed E-state index contributed by atoms with van der Waals surface area (Å²) in [7, 11) is 0. The fraction of sp³-hybridized carbons (Fsp3) is 0.409. The molecule has 0 radical (unpaired) electrons. The summed E-state index contributed by atoms with van der Waals surface area (Å²) in [5.41, 5.74) is 5.41. The molecule has 0 aromatic heterocycles. The Labute approximate surface area is 155 Å². The van der Waals surface area contributed by atoms with Crippen LogP contribution < -0.4 is 4.90 Å². The largest absolute Gasteiger partial charge is 0.310 e. The summed E-state index contributed by atoms with van der Waals surface area (Å²) < 4.78 is 4.97. The van der Waals surface area contributed by atoms with Gasteiger partial charge < -0.3 is 4.90 Å².